The Hall–Kier alpha value is -2.19. The van der Waals surface area contributed by atoms with Crippen molar-refractivity contribution in [2.24, 2.45) is 0 Å². The van der Waals surface area contributed by atoms with Crippen molar-refractivity contribution in [3.63, 3.8) is 0 Å². The Morgan fingerprint density at radius 2 is 1.71 bits per heavy atom. The highest BCUT2D eigenvalue weighted by Crippen LogP contribution is 2.23. The molecule has 1 N–H and O–H groups in total. The van der Waals surface area contributed by atoms with Gasteiger partial charge in [0.05, 0.1) is 17.3 Å². The Labute approximate surface area is 125 Å². The normalized spacial score (nSPS) is 12.5. The molecule has 1 aromatic heterocycles. The minimum atomic E-state index is -0.520. The van der Waals surface area contributed by atoms with Crippen molar-refractivity contribution >= 4 is 10.9 Å². The number of rotatable bonds is 4. The van der Waals surface area contributed by atoms with Gasteiger partial charge in [-0.15, -0.1) is 0 Å². The highest BCUT2D eigenvalue weighted by Gasteiger charge is 2.11. The number of fused-ring (bicyclic) bond motifs is 1. The molecule has 1 unspecified atom stereocenters. The van der Waals surface area contributed by atoms with Crippen LogP contribution in [-0.2, 0) is 6.42 Å². The third kappa shape index (κ3) is 3.11. The smallest absolute Gasteiger partial charge is 0.0963 e. The molecular formula is C19H19NO. The van der Waals surface area contributed by atoms with Gasteiger partial charge in [0, 0.05) is 5.39 Å². The standard InChI is InChI=1S/C19H19NO/c1-14-13-18(20-17-10-6-5-9-16(14)17)19(21)12-11-15-7-3-2-4-8-15/h2-10,13,19,21H,11-12H2,1H3. The number of aromatic nitrogens is 1. The summed E-state index contributed by atoms with van der Waals surface area (Å²) in [4.78, 5) is 4.60. The van der Waals surface area contributed by atoms with E-state index in [4.69, 9.17) is 0 Å². The summed E-state index contributed by atoms with van der Waals surface area (Å²) in [5, 5.41) is 11.6. The maximum absolute atomic E-state index is 10.4. The van der Waals surface area contributed by atoms with Crippen molar-refractivity contribution in [3.05, 3.63) is 77.5 Å². The van der Waals surface area contributed by atoms with Crippen LogP contribution in [0.4, 0.5) is 0 Å². The number of aryl methyl sites for hydroxylation is 2. The van der Waals surface area contributed by atoms with Gasteiger partial charge in [-0.25, -0.2) is 0 Å². The topological polar surface area (TPSA) is 33.1 Å². The van der Waals surface area contributed by atoms with E-state index < -0.39 is 6.10 Å². The van der Waals surface area contributed by atoms with Gasteiger partial charge < -0.3 is 5.11 Å². The molecule has 21 heavy (non-hydrogen) atoms. The largest absolute Gasteiger partial charge is 0.387 e. The van der Waals surface area contributed by atoms with Crippen molar-refractivity contribution in [1.82, 2.24) is 4.98 Å². The second kappa shape index (κ2) is 6.06. The first-order valence-electron chi connectivity index (χ1n) is 7.32. The summed E-state index contributed by atoms with van der Waals surface area (Å²) in [5.41, 5.74) is 4.12. The fourth-order valence-corrected chi connectivity index (χ4v) is 2.64. The van der Waals surface area contributed by atoms with Gasteiger partial charge in [0.15, 0.2) is 0 Å². The van der Waals surface area contributed by atoms with Crippen LogP contribution in [0.3, 0.4) is 0 Å². The Morgan fingerprint density at radius 3 is 2.52 bits per heavy atom. The molecule has 1 atom stereocenters. The van der Waals surface area contributed by atoms with E-state index in [2.05, 4.69) is 30.1 Å². The zero-order valence-electron chi connectivity index (χ0n) is 12.2. The van der Waals surface area contributed by atoms with Crippen molar-refractivity contribution in [1.29, 1.82) is 0 Å². The lowest BCUT2D eigenvalue weighted by molar-refractivity contribution is 0.163. The Kier molecular flexibility index (Phi) is 3.98. The number of nitrogens with zero attached hydrogens (tertiary/aromatic N) is 1. The molecule has 0 fully saturated rings. The summed E-state index contributed by atoms with van der Waals surface area (Å²) in [6, 6.07) is 20.3. The molecule has 0 saturated heterocycles. The number of pyridine rings is 1. The van der Waals surface area contributed by atoms with Crippen molar-refractivity contribution in [2.75, 3.05) is 0 Å². The van der Waals surface area contributed by atoms with Gasteiger partial charge >= 0.3 is 0 Å². The molecule has 2 aromatic carbocycles. The lowest BCUT2D eigenvalue weighted by Gasteiger charge is -2.12. The van der Waals surface area contributed by atoms with Crippen LogP contribution < -0.4 is 0 Å². The number of hydrogen-bond donors (Lipinski definition) is 1. The molecule has 0 aliphatic rings. The van der Waals surface area contributed by atoms with E-state index in [0.717, 1.165) is 28.6 Å². The van der Waals surface area contributed by atoms with Gasteiger partial charge in [0.25, 0.3) is 0 Å². The van der Waals surface area contributed by atoms with E-state index in [1.54, 1.807) is 0 Å². The summed E-state index contributed by atoms with van der Waals surface area (Å²) < 4.78 is 0. The van der Waals surface area contributed by atoms with Crippen molar-refractivity contribution < 1.29 is 5.11 Å². The zero-order chi connectivity index (χ0) is 14.7. The first-order chi connectivity index (χ1) is 10.2. The van der Waals surface area contributed by atoms with Crippen LogP contribution >= 0.6 is 0 Å². The Balaban J connectivity index is 1.80. The van der Waals surface area contributed by atoms with Crippen molar-refractivity contribution in [2.45, 2.75) is 25.9 Å². The fourth-order valence-electron chi connectivity index (χ4n) is 2.64. The van der Waals surface area contributed by atoms with Gasteiger partial charge in [-0.2, -0.15) is 0 Å². The number of aliphatic hydroxyl groups is 1. The molecule has 1 heterocycles. The number of aliphatic hydroxyl groups excluding tert-OH is 1. The SMILES string of the molecule is Cc1cc(C(O)CCc2ccccc2)nc2ccccc12. The number of hydrogen-bond acceptors (Lipinski definition) is 2. The summed E-state index contributed by atoms with van der Waals surface area (Å²) in [7, 11) is 0. The summed E-state index contributed by atoms with van der Waals surface area (Å²) in [5.74, 6) is 0. The van der Waals surface area contributed by atoms with E-state index in [9.17, 15) is 5.11 Å². The third-order valence-electron chi connectivity index (χ3n) is 3.83. The van der Waals surface area contributed by atoms with E-state index in [1.165, 1.54) is 5.56 Å². The van der Waals surface area contributed by atoms with Gasteiger partial charge in [-0.1, -0.05) is 48.5 Å². The number of para-hydroxylation sites is 1. The first-order valence-corrected chi connectivity index (χ1v) is 7.32. The minimum Gasteiger partial charge on any atom is -0.387 e. The molecular weight excluding hydrogens is 258 g/mol. The van der Waals surface area contributed by atoms with E-state index >= 15 is 0 Å². The zero-order valence-corrected chi connectivity index (χ0v) is 12.2. The Morgan fingerprint density at radius 1 is 1.00 bits per heavy atom. The predicted molar refractivity (Wildman–Crippen MR) is 86.2 cm³/mol. The highest BCUT2D eigenvalue weighted by molar-refractivity contribution is 5.82. The van der Waals surface area contributed by atoms with Crippen LogP contribution in [0.1, 0.15) is 29.3 Å². The monoisotopic (exact) mass is 277 g/mol. The minimum absolute atomic E-state index is 0.520. The average molecular weight is 277 g/mol. The predicted octanol–water partition coefficient (Wildman–Crippen LogP) is 4.21. The van der Waals surface area contributed by atoms with Crippen molar-refractivity contribution in [3.8, 4) is 0 Å². The molecule has 2 heteroatoms. The van der Waals surface area contributed by atoms with Crippen LogP contribution in [0.15, 0.2) is 60.7 Å². The molecule has 3 aromatic rings. The molecule has 0 saturated carbocycles. The molecule has 0 radical (unpaired) electrons. The molecule has 0 aliphatic carbocycles. The Bertz CT molecular complexity index is 737. The third-order valence-corrected chi connectivity index (χ3v) is 3.83. The fraction of sp³-hybridized carbons (Fsp3) is 0.211. The first kappa shape index (κ1) is 13.8. The van der Waals surface area contributed by atoms with Crippen LogP contribution in [0.2, 0.25) is 0 Å². The van der Waals surface area contributed by atoms with E-state index in [0.29, 0.717) is 6.42 Å². The summed E-state index contributed by atoms with van der Waals surface area (Å²) in [6.07, 6.45) is 1.03. The van der Waals surface area contributed by atoms with Gasteiger partial charge in [-0.3, -0.25) is 4.98 Å². The molecule has 0 spiro atoms. The average Bonchev–Trinajstić information content (AvgIpc) is 2.53. The van der Waals surface area contributed by atoms with Gasteiger partial charge in [0.1, 0.15) is 0 Å². The molecule has 0 amide bonds. The van der Waals surface area contributed by atoms with Gasteiger partial charge in [-0.05, 0) is 43.0 Å². The maximum atomic E-state index is 10.4. The lowest BCUT2D eigenvalue weighted by Crippen LogP contribution is -2.03. The lowest BCUT2D eigenvalue weighted by atomic mass is 10.0. The highest BCUT2D eigenvalue weighted by atomic mass is 16.3. The molecule has 2 nitrogen and oxygen atoms in total. The molecule has 106 valence electrons. The number of benzene rings is 2. The summed E-state index contributed by atoms with van der Waals surface area (Å²) >= 11 is 0. The quantitative estimate of drug-likeness (QED) is 0.775. The second-order valence-electron chi connectivity index (χ2n) is 5.42. The summed E-state index contributed by atoms with van der Waals surface area (Å²) in [6.45, 7) is 2.07. The van der Waals surface area contributed by atoms with Crippen LogP contribution in [0.25, 0.3) is 10.9 Å². The van der Waals surface area contributed by atoms with Gasteiger partial charge in [0.2, 0.25) is 0 Å². The second-order valence-corrected chi connectivity index (χ2v) is 5.42. The van der Waals surface area contributed by atoms with Crippen LogP contribution in [0.5, 0.6) is 0 Å². The molecule has 0 bridgehead atoms. The van der Waals surface area contributed by atoms with E-state index in [-0.39, 0.29) is 0 Å². The maximum Gasteiger partial charge on any atom is 0.0963 e. The van der Waals surface area contributed by atoms with Crippen LogP contribution in [-0.4, -0.2) is 10.1 Å². The van der Waals surface area contributed by atoms with Crippen LogP contribution in [0, 0.1) is 6.92 Å². The molecule has 3 rings (SSSR count). The molecule has 0 aliphatic heterocycles. The van der Waals surface area contributed by atoms with E-state index in [1.807, 2.05) is 42.5 Å².